The number of piperidine rings is 1. The molecule has 2 saturated heterocycles. The molecule has 1 unspecified atom stereocenters. The maximum Gasteiger partial charge on any atom is 0.229 e. The van der Waals surface area contributed by atoms with Gasteiger partial charge in [-0.2, -0.15) is 0 Å². The van der Waals surface area contributed by atoms with Crippen molar-refractivity contribution in [2.75, 3.05) is 61.4 Å². The van der Waals surface area contributed by atoms with Crippen molar-refractivity contribution in [2.24, 2.45) is 5.92 Å². The molecule has 3 aromatic rings. The lowest BCUT2D eigenvalue weighted by Crippen LogP contribution is -2.45. The van der Waals surface area contributed by atoms with Gasteiger partial charge in [0.2, 0.25) is 5.91 Å². The minimum atomic E-state index is -0.0928. The minimum Gasteiger partial charge on any atom is -0.367 e. The van der Waals surface area contributed by atoms with Gasteiger partial charge in [0.25, 0.3) is 0 Å². The highest BCUT2D eigenvalue weighted by molar-refractivity contribution is 5.96. The normalized spacial score (nSPS) is 21.3. The highest BCUT2D eigenvalue weighted by atomic mass is 16.1. The lowest BCUT2D eigenvalue weighted by molar-refractivity contribution is -0.120. The molecule has 0 radical (unpaired) electrons. The SMILES string of the molecule is CN1CCN(c2ccccc2NC(=O)C2CCCN(c3ncnc4c3nc3n4CCCCC3)C2)CC1. The molecule has 190 valence electrons. The molecule has 0 aliphatic carbocycles. The van der Waals surface area contributed by atoms with Crippen LogP contribution in [0, 0.1) is 5.92 Å². The molecule has 9 heteroatoms. The molecule has 1 amide bonds. The van der Waals surface area contributed by atoms with E-state index in [-0.39, 0.29) is 11.8 Å². The molecule has 2 aromatic heterocycles. The molecular formula is C27H36N8O. The predicted molar refractivity (Wildman–Crippen MR) is 143 cm³/mol. The first kappa shape index (κ1) is 23.2. The number of hydrogen-bond acceptors (Lipinski definition) is 7. The van der Waals surface area contributed by atoms with Crippen LogP contribution in [0.25, 0.3) is 11.2 Å². The fourth-order valence-corrected chi connectivity index (χ4v) is 5.88. The van der Waals surface area contributed by atoms with Crippen LogP contribution in [0.5, 0.6) is 0 Å². The fraction of sp³-hybridized carbons (Fsp3) is 0.556. The Hall–Kier alpha value is -3.20. The summed E-state index contributed by atoms with van der Waals surface area (Å²) in [6, 6.07) is 8.20. The summed E-state index contributed by atoms with van der Waals surface area (Å²) < 4.78 is 2.27. The number of aryl methyl sites for hydroxylation is 2. The van der Waals surface area contributed by atoms with Gasteiger partial charge in [-0.15, -0.1) is 0 Å². The number of benzene rings is 1. The number of nitrogens with one attached hydrogen (secondary N) is 1. The predicted octanol–water partition coefficient (Wildman–Crippen LogP) is 3.16. The summed E-state index contributed by atoms with van der Waals surface area (Å²) >= 11 is 0. The number of carbonyl (C=O) groups excluding carboxylic acids is 1. The van der Waals surface area contributed by atoms with Crippen LogP contribution in [0.1, 0.15) is 37.9 Å². The number of rotatable bonds is 4. The third kappa shape index (κ3) is 4.52. The Labute approximate surface area is 212 Å². The number of carbonyl (C=O) groups is 1. The topological polar surface area (TPSA) is 82.4 Å². The van der Waals surface area contributed by atoms with Gasteiger partial charge in [0, 0.05) is 52.2 Å². The van der Waals surface area contributed by atoms with Gasteiger partial charge in [0.05, 0.1) is 17.3 Å². The molecule has 1 atom stereocenters. The van der Waals surface area contributed by atoms with Crippen LogP contribution in [0.3, 0.4) is 0 Å². The van der Waals surface area contributed by atoms with Crippen LogP contribution < -0.4 is 15.1 Å². The van der Waals surface area contributed by atoms with Crippen LogP contribution in [0.15, 0.2) is 30.6 Å². The van der Waals surface area contributed by atoms with E-state index in [1.54, 1.807) is 6.33 Å². The number of fused-ring (bicyclic) bond motifs is 3. The summed E-state index contributed by atoms with van der Waals surface area (Å²) in [5, 5.41) is 3.27. The first-order valence-electron chi connectivity index (χ1n) is 13.5. The molecule has 36 heavy (non-hydrogen) atoms. The van der Waals surface area contributed by atoms with E-state index in [4.69, 9.17) is 4.98 Å². The molecule has 0 bridgehead atoms. The van der Waals surface area contributed by atoms with E-state index in [1.165, 1.54) is 19.3 Å². The maximum absolute atomic E-state index is 13.5. The van der Waals surface area contributed by atoms with Gasteiger partial charge in [-0.05, 0) is 44.9 Å². The lowest BCUT2D eigenvalue weighted by Gasteiger charge is -2.36. The highest BCUT2D eigenvalue weighted by Gasteiger charge is 2.30. The molecule has 9 nitrogen and oxygen atoms in total. The van der Waals surface area contributed by atoms with Gasteiger partial charge >= 0.3 is 0 Å². The zero-order valence-electron chi connectivity index (χ0n) is 21.2. The quantitative estimate of drug-likeness (QED) is 0.604. The molecule has 1 aromatic carbocycles. The molecule has 2 fully saturated rings. The lowest BCUT2D eigenvalue weighted by atomic mass is 9.97. The van der Waals surface area contributed by atoms with Crippen molar-refractivity contribution in [1.29, 1.82) is 0 Å². The largest absolute Gasteiger partial charge is 0.367 e. The molecule has 1 N–H and O–H groups in total. The number of aromatic nitrogens is 4. The van der Waals surface area contributed by atoms with E-state index in [0.717, 1.165) is 92.7 Å². The number of likely N-dealkylation sites (N-methyl/N-ethyl adjacent to an activating group) is 1. The van der Waals surface area contributed by atoms with Crippen LogP contribution >= 0.6 is 0 Å². The van der Waals surface area contributed by atoms with Crippen LogP contribution in [0.2, 0.25) is 0 Å². The number of nitrogens with zero attached hydrogens (tertiary/aromatic N) is 7. The molecular weight excluding hydrogens is 452 g/mol. The first-order valence-corrected chi connectivity index (χ1v) is 13.5. The molecule has 5 heterocycles. The van der Waals surface area contributed by atoms with Gasteiger partial charge in [0.1, 0.15) is 12.2 Å². The van der Waals surface area contributed by atoms with Crippen molar-refractivity contribution in [2.45, 2.75) is 45.1 Å². The van der Waals surface area contributed by atoms with Gasteiger partial charge < -0.3 is 24.6 Å². The summed E-state index contributed by atoms with van der Waals surface area (Å²) in [6.07, 6.45) is 8.07. The summed E-state index contributed by atoms with van der Waals surface area (Å²) in [6.45, 7) is 6.51. The number of anilines is 3. The molecule has 3 aliphatic rings. The molecule has 6 rings (SSSR count). The summed E-state index contributed by atoms with van der Waals surface area (Å²) in [5.41, 5.74) is 3.84. The van der Waals surface area contributed by atoms with E-state index < -0.39 is 0 Å². The van der Waals surface area contributed by atoms with Crippen molar-refractivity contribution in [3.63, 3.8) is 0 Å². The second-order valence-electron chi connectivity index (χ2n) is 10.4. The number of imidazole rings is 1. The Bertz CT molecular complexity index is 1230. The fourth-order valence-electron chi connectivity index (χ4n) is 5.88. The molecule has 3 aliphatic heterocycles. The zero-order valence-corrected chi connectivity index (χ0v) is 21.2. The third-order valence-electron chi connectivity index (χ3n) is 7.97. The maximum atomic E-state index is 13.5. The second-order valence-corrected chi connectivity index (χ2v) is 10.4. The van der Waals surface area contributed by atoms with E-state index >= 15 is 0 Å². The van der Waals surface area contributed by atoms with Crippen LogP contribution in [-0.2, 0) is 17.8 Å². The average molecular weight is 489 g/mol. The van der Waals surface area contributed by atoms with Crippen molar-refractivity contribution in [1.82, 2.24) is 24.4 Å². The van der Waals surface area contributed by atoms with E-state index in [9.17, 15) is 4.79 Å². The van der Waals surface area contributed by atoms with E-state index in [0.29, 0.717) is 6.54 Å². The van der Waals surface area contributed by atoms with Gasteiger partial charge in [-0.1, -0.05) is 18.6 Å². The Morgan fingerprint density at radius 3 is 2.69 bits per heavy atom. The highest BCUT2D eigenvalue weighted by Crippen LogP contribution is 2.31. The summed E-state index contributed by atoms with van der Waals surface area (Å²) in [5.74, 6) is 1.99. The first-order chi connectivity index (χ1) is 17.7. The smallest absolute Gasteiger partial charge is 0.229 e. The number of para-hydroxylation sites is 2. The second kappa shape index (κ2) is 10.0. The van der Waals surface area contributed by atoms with E-state index in [1.807, 2.05) is 12.1 Å². The molecule has 0 saturated carbocycles. The van der Waals surface area contributed by atoms with Crippen LogP contribution in [0.4, 0.5) is 17.2 Å². The monoisotopic (exact) mass is 488 g/mol. The Kier molecular flexibility index (Phi) is 6.48. The number of amides is 1. The van der Waals surface area contributed by atoms with Crippen molar-refractivity contribution in [3.8, 4) is 0 Å². The van der Waals surface area contributed by atoms with Crippen molar-refractivity contribution >= 4 is 34.3 Å². The van der Waals surface area contributed by atoms with Crippen molar-refractivity contribution < 1.29 is 4.79 Å². The van der Waals surface area contributed by atoms with Gasteiger partial charge in [-0.25, -0.2) is 15.0 Å². The van der Waals surface area contributed by atoms with Crippen LogP contribution in [-0.4, -0.2) is 76.6 Å². The standard InChI is InChI=1S/C27H36N8O/c1-32-14-16-33(17-15-32)22-10-5-4-9-21(22)30-27(36)20-8-7-12-34(18-20)25-24-26(29-19-28-25)35-13-6-2-3-11-23(35)31-24/h4-5,9-10,19-20H,2-3,6-8,11-18H2,1H3,(H,30,36). The van der Waals surface area contributed by atoms with Gasteiger partial charge in [-0.3, -0.25) is 4.79 Å². The molecule has 0 spiro atoms. The summed E-state index contributed by atoms with van der Waals surface area (Å²) in [4.78, 5) is 34.7. The Morgan fingerprint density at radius 2 is 1.81 bits per heavy atom. The van der Waals surface area contributed by atoms with Gasteiger partial charge in [0.15, 0.2) is 17.0 Å². The average Bonchev–Trinajstić information content (AvgIpc) is 3.10. The number of piperazine rings is 1. The van der Waals surface area contributed by atoms with E-state index in [2.05, 4.69) is 53.7 Å². The van der Waals surface area contributed by atoms with Crippen molar-refractivity contribution in [3.05, 3.63) is 36.4 Å². The zero-order chi connectivity index (χ0) is 24.5. The number of hydrogen-bond donors (Lipinski definition) is 1. The Balaban J connectivity index is 1.20. The minimum absolute atomic E-state index is 0.0900. The third-order valence-corrected chi connectivity index (χ3v) is 7.97. The summed E-state index contributed by atoms with van der Waals surface area (Å²) in [7, 11) is 2.16. The Morgan fingerprint density at radius 1 is 0.944 bits per heavy atom.